The summed E-state index contributed by atoms with van der Waals surface area (Å²) in [4.78, 5) is 19.2. The summed E-state index contributed by atoms with van der Waals surface area (Å²) in [7, 11) is 0. The molecule has 0 atom stereocenters. The maximum absolute atomic E-state index is 13.2. The number of carbonyl (C=O) groups excluding carboxylic acids is 1. The van der Waals surface area contributed by atoms with Gasteiger partial charge in [-0.2, -0.15) is 0 Å². The van der Waals surface area contributed by atoms with E-state index in [4.69, 9.17) is 0 Å². The van der Waals surface area contributed by atoms with Crippen molar-refractivity contribution in [1.82, 2.24) is 4.90 Å². The summed E-state index contributed by atoms with van der Waals surface area (Å²) in [6, 6.07) is 25.4. The van der Waals surface area contributed by atoms with Crippen LogP contribution in [-0.4, -0.2) is 36.5 Å². The summed E-state index contributed by atoms with van der Waals surface area (Å²) in [6.07, 6.45) is 4.57. The van der Waals surface area contributed by atoms with Gasteiger partial charge in [0.15, 0.2) is 0 Å². The molecule has 1 fully saturated rings. The van der Waals surface area contributed by atoms with E-state index in [0.29, 0.717) is 6.42 Å². The largest absolute Gasteiger partial charge is 0.309 e. The Morgan fingerprint density at radius 1 is 0.903 bits per heavy atom. The lowest BCUT2D eigenvalue weighted by atomic mass is 10.0. The second kappa shape index (κ2) is 12.0. The van der Waals surface area contributed by atoms with Gasteiger partial charge >= 0.3 is 0 Å². The van der Waals surface area contributed by atoms with Crippen LogP contribution in [0.3, 0.4) is 0 Å². The zero-order valence-electron chi connectivity index (χ0n) is 17.9. The molecule has 4 rings (SSSR count). The molecule has 0 bridgehead atoms. The SMILES string of the molecule is Cl.O=C(CCc1cccs1)N(c1ccccc1)C1CCN(CCc2ccccc2)CC1. The summed E-state index contributed by atoms with van der Waals surface area (Å²) in [5, 5.41) is 2.08. The van der Waals surface area contributed by atoms with Crippen LogP contribution in [0.5, 0.6) is 0 Å². The van der Waals surface area contributed by atoms with Gasteiger partial charge in [-0.1, -0.05) is 54.6 Å². The predicted molar refractivity (Wildman–Crippen MR) is 133 cm³/mol. The zero-order valence-corrected chi connectivity index (χ0v) is 19.5. The number of halogens is 1. The summed E-state index contributed by atoms with van der Waals surface area (Å²) in [5.74, 6) is 0.248. The normalized spacial score (nSPS) is 14.7. The Hall–Kier alpha value is -2.14. The van der Waals surface area contributed by atoms with Gasteiger partial charge in [-0.3, -0.25) is 4.79 Å². The first-order valence-electron chi connectivity index (χ1n) is 11.0. The fourth-order valence-electron chi connectivity index (χ4n) is 4.29. The van der Waals surface area contributed by atoms with Crippen molar-refractivity contribution >= 4 is 35.3 Å². The van der Waals surface area contributed by atoms with E-state index in [1.807, 2.05) is 18.2 Å². The van der Waals surface area contributed by atoms with Gasteiger partial charge in [0, 0.05) is 42.7 Å². The van der Waals surface area contributed by atoms with Crippen LogP contribution in [0.15, 0.2) is 78.2 Å². The molecule has 0 aliphatic carbocycles. The first-order chi connectivity index (χ1) is 14.8. The average Bonchev–Trinajstić information content (AvgIpc) is 3.33. The second-order valence-corrected chi connectivity index (χ2v) is 9.02. The van der Waals surface area contributed by atoms with Gasteiger partial charge in [-0.25, -0.2) is 0 Å². The summed E-state index contributed by atoms with van der Waals surface area (Å²) in [6.45, 7) is 3.20. The first-order valence-corrected chi connectivity index (χ1v) is 11.8. The first kappa shape index (κ1) is 23.5. The Morgan fingerprint density at radius 2 is 1.58 bits per heavy atom. The lowest BCUT2D eigenvalue weighted by Gasteiger charge is -2.38. The summed E-state index contributed by atoms with van der Waals surface area (Å²) in [5.41, 5.74) is 2.44. The van der Waals surface area contributed by atoms with Gasteiger partial charge < -0.3 is 9.80 Å². The van der Waals surface area contributed by atoms with Crippen LogP contribution < -0.4 is 4.90 Å². The van der Waals surface area contributed by atoms with Crippen LogP contribution in [0.25, 0.3) is 0 Å². The van der Waals surface area contributed by atoms with E-state index >= 15 is 0 Å². The van der Waals surface area contributed by atoms with E-state index in [0.717, 1.165) is 51.0 Å². The third kappa shape index (κ3) is 6.67. The number of likely N-dealkylation sites (tertiary alicyclic amines) is 1. The number of benzene rings is 2. The molecule has 1 aromatic heterocycles. The molecule has 0 unspecified atom stereocenters. The maximum Gasteiger partial charge on any atom is 0.227 e. The number of rotatable bonds is 8. The molecule has 0 radical (unpaired) electrons. The molecule has 3 aromatic rings. The van der Waals surface area contributed by atoms with Crippen LogP contribution in [-0.2, 0) is 17.6 Å². The van der Waals surface area contributed by atoms with Gasteiger partial charge in [0.2, 0.25) is 5.91 Å². The molecule has 3 nitrogen and oxygen atoms in total. The highest BCUT2D eigenvalue weighted by Gasteiger charge is 2.28. The van der Waals surface area contributed by atoms with Gasteiger partial charge in [0.25, 0.3) is 0 Å². The average molecular weight is 455 g/mol. The highest BCUT2D eigenvalue weighted by Crippen LogP contribution is 2.25. The van der Waals surface area contributed by atoms with Crippen LogP contribution in [0, 0.1) is 0 Å². The lowest BCUT2D eigenvalue weighted by molar-refractivity contribution is -0.119. The van der Waals surface area contributed by atoms with Crippen molar-refractivity contribution in [3.8, 4) is 0 Å². The van der Waals surface area contributed by atoms with Crippen molar-refractivity contribution < 1.29 is 4.79 Å². The fourth-order valence-corrected chi connectivity index (χ4v) is 4.99. The van der Waals surface area contributed by atoms with Crippen molar-refractivity contribution in [2.45, 2.75) is 38.1 Å². The van der Waals surface area contributed by atoms with E-state index in [9.17, 15) is 4.79 Å². The monoisotopic (exact) mass is 454 g/mol. The van der Waals surface area contributed by atoms with E-state index in [2.05, 4.69) is 69.8 Å². The quantitative estimate of drug-likeness (QED) is 0.426. The molecule has 2 heterocycles. The molecule has 1 aliphatic rings. The Labute approximate surface area is 196 Å². The molecule has 0 N–H and O–H groups in total. The third-order valence-corrected chi connectivity index (χ3v) is 6.89. The number of piperidine rings is 1. The Morgan fingerprint density at radius 3 is 2.23 bits per heavy atom. The smallest absolute Gasteiger partial charge is 0.227 e. The molecule has 164 valence electrons. The minimum Gasteiger partial charge on any atom is -0.309 e. The van der Waals surface area contributed by atoms with Gasteiger partial charge in [0.1, 0.15) is 0 Å². The van der Waals surface area contributed by atoms with E-state index in [1.54, 1.807) is 11.3 Å². The molecular weight excluding hydrogens is 424 g/mol. The Kier molecular flexibility index (Phi) is 9.13. The van der Waals surface area contributed by atoms with Crippen molar-refractivity contribution in [1.29, 1.82) is 0 Å². The Balaban J connectivity index is 0.00000272. The van der Waals surface area contributed by atoms with E-state index in [-0.39, 0.29) is 24.4 Å². The van der Waals surface area contributed by atoms with Crippen molar-refractivity contribution in [2.75, 3.05) is 24.5 Å². The highest BCUT2D eigenvalue weighted by atomic mass is 35.5. The molecule has 1 amide bonds. The molecule has 2 aromatic carbocycles. The molecule has 0 saturated carbocycles. The van der Waals surface area contributed by atoms with Gasteiger partial charge in [-0.15, -0.1) is 23.7 Å². The number of amides is 1. The van der Waals surface area contributed by atoms with Crippen molar-refractivity contribution in [3.05, 3.63) is 88.6 Å². The molecular formula is C26H31ClN2OS. The zero-order chi connectivity index (χ0) is 20.6. The van der Waals surface area contributed by atoms with E-state index < -0.39 is 0 Å². The molecule has 31 heavy (non-hydrogen) atoms. The number of nitrogens with zero attached hydrogens (tertiary/aromatic N) is 2. The minimum absolute atomic E-state index is 0. The van der Waals surface area contributed by atoms with Gasteiger partial charge in [-0.05, 0) is 54.8 Å². The van der Waals surface area contributed by atoms with E-state index in [1.165, 1.54) is 10.4 Å². The number of thiophene rings is 1. The van der Waals surface area contributed by atoms with Crippen molar-refractivity contribution in [3.63, 3.8) is 0 Å². The molecule has 1 aliphatic heterocycles. The standard InChI is InChI=1S/C26H30N2OS.ClH/c29-26(14-13-25-12-7-21-30-25)28(23-10-5-2-6-11-23)24-16-19-27(20-17-24)18-15-22-8-3-1-4-9-22;/h1-12,21,24H,13-20H2;1H. The fraction of sp³-hybridized carbons (Fsp3) is 0.346. The number of aryl methyl sites for hydroxylation is 1. The maximum atomic E-state index is 13.2. The van der Waals surface area contributed by atoms with Crippen LogP contribution in [0.1, 0.15) is 29.7 Å². The van der Waals surface area contributed by atoms with Crippen LogP contribution in [0.4, 0.5) is 5.69 Å². The molecule has 0 spiro atoms. The number of hydrogen-bond acceptors (Lipinski definition) is 3. The third-order valence-electron chi connectivity index (χ3n) is 5.95. The Bertz CT molecular complexity index is 894. The topological polar surface area (TPSA) is 23.6 Å². The molecule has 1 saturated heterocycles. The number of hydrogen-bond donors (Lipinski definition) is 0. The summed E-state index contributed by atoms with van der Waals surface area (Å²) >= 11 is 1.73. The lowest BCUT2D eigenvalue weighted by Crippen LogP contribution is -2.48. The molecule has 5 heteroatoms. The second-order valence-electron chi connectivity index (χ2n) is 7.99. The van der Waals surface area contributed by atoms with Crippen LogP contribution in [0.2, 0.25) is 0 Å². The number of para-hydroxylation sites is 1. The number of anilines is 1. The van der Waals surface area contributed by atoms with Gasteiger partial charge in [0.05, 0.1) is 0 Å². The summed E-state index contributed by atoms with van der Waals surface area (Å²) < 4.78 is 0. The number of carbonyl (C=O) groups is 1. The van der Waals surface area contributed by atoms with Crippen molar-refractivity contribution in [2.24, 2.45) is 0 Å². The van der Waals surface area contributed by atoms with Crippen LogP contribution >= 0.6 is 23.7 Å². The minimum atomic E-state index is 0. The predicted octanol–water partition coefficient (Wildman–Crippen LogP) is 5.84. The highest BCUT2D eigenvalue weighted by molar-refractivity contribution is 7.09.